The minimum absolute atomic E-state index is 0.104. The van der Waals surface area contributed by atoms with Crippen LogP contribution in [0.5, 0.6) is 5.75 Å². The maximum absolute atomic E-state index is 11.8. The Hall–Kier alpha value is -2.34. The van der Waals surface area contributed by atoms with E-state index in [-0.39, 0.29) is 11.5 Å². The minimum atomic E-state index is -3.62. The van der Waals surface area contributed by atoms with Gasteiger partial charge in [-0.05, 0) is 50.6 Å². The molecule has 0 unspecified atom stereocenters. The standard InChI is InChI=1S/C17H17NO4S/c1-4-23(19,20)22-15-7-5-11(2)9-13(15)17-18-14-10-12(3)6-8-16(14)21-17/h5-10H,4H2,1-3H3. The van der Waals surface area contributed by atoms with Crippen molar-refractivity contribution in [2.24, 2.45) is 0 Å². The van der Waals surface area contributed by atoms with Crippen molar-refractivity contribution >= 4 is 21.2 Å². The zero-order valence-corrected chi connectivity index (χ0v) is 14.0. The summed E-state index contributed by atoms with van der Waals surface area (Å²) < 4.78 is 34.5. The lowest BCUT2D eigenvalue weighted by molar-refractivity contribution is 0.487. The Morgan fingerprint density at radius 2 is 1.78 bits per heavy atom. The number of oxazole rings is 1. The first-order valence-corrected chi connectivity index (χ1v) is 8.86. The molecule has 0 saturated carbocycles. The van der Waals surface area contributed by atoms with Gasteiger partial charge in [-0.1, -0.05) is 17.7 Å². The first-order chi connectivity index (χ1) is 10.9. The van der Waals surface area contributed by atoms with Gasteiger partial charge in [-0.15, -0.1) is 0 Å². The highest BCUT2D eigenvalue weighted by Gasteiger charge is 2.18. The quantitative estimate of drug-likeness (QED) is 0.679. The van der Waals surface area contributed by atoms with Crippen LogP contribution < -0.4 is 4.18 Å². The molecule has 0 atom stereocenters. The highest BCUT2D eigenvalue weighted by Crippen LogP contribution is 2.33. The van der Waals surface area contributed by atoms with Crippen LogP contribution in [0.25, 0.3) is 22.6 Å². The number of benzene rings is 2. The first-order valence-electron chi connectivity index (χ1n) is 7.28. The van der Waals surface area contributed by atoms with Crippen molar-refractivity contribution in [3.63, 3.8) is 0 Å². The molecule has 0 spiro atoms. The first kappa shape index (κ1) is 15.6. The van der Waals surface area contributed by atoms with Crippen molar-refractivity contribution in [1.82, 2.24) is 4.98 Å². The third kappa shape index (κ3) is 3.22. The third-order valence-electron chi connectivity index (χ3n) is 3.48. The summed E-state index contributed by atoms with van der Waals surface area (Å²) >= 11 is 0. The molecule has 0 bridgehead atoms. The minimum Gasteiger partial charge on any atom is -0.436 e. The van der Waals surface area contributed by atoms with Gasteiger partial charge in [0.05, 0.1) is 11.3 Å². The largest absolute Gasteiger partial charge is 0.436 e. The summed E-state index contributed by atoms with van der Waals surface area (Å²) in [6, 6.07) is 10.9. The molecule has 23 heavy (non-hydrogen) atoms. The maximum atomic E-state index is 11.8. The summed E-state index contributed by atoms with van der Waals surface area (Å²) in [7, 11) is -3.62. The van der Waals surface area contributed by atoms with Crippen LogP contribution in [0.2, 0.25) is 0 Å². The molecule has 0 aliphatic rings. The number of fused-ring (bicyclic) bond motifs is 1. The van der Waals surface area contributed by atoms with Gasteiger partial charge >= 0.3 is 10.1 Å². The summed E-state index contributed by atoms with van der Waals surface area (Å²) in [5.74, 6) is 0.462. The van der Waals surface area contributed by atoms with Crippen LogP contribution in [-0.2, 0) is 10.1 Å². The number of aromatic nitrogens is 1. The summed E-state index contributed by atoms with van der Waals surface area (Å²) in [6.45, 7) is 5.42. The van der Waals surface area contributed by atoms with Crippen LogP contribution >= 0.6 is 0 Å². The van der Waals surface area contributed by atoms with Crippen LogP contribution in [-0.4, -0.2) is 19.2 Å². The molecule has 6 heteroatoms. The Labute approximate surface area is 135 Å². The van der Waals surface area contributed by atoms with Crippen LogP contribution in [0.3, 0.4) is 0 Å². The van der Waals surface area contributed by atoms with Crippen molar-refractivity contribution < 1.29 is 17.0 Å². The Morgan fingerprint density at radius 3 is 2.52 bits per heavy atom. The van der Waals surface area contributed by atoms with Crippen molar-refractivity contribution in [2.75, 3.05) is 5.75 Å². The Bertz CT molecular complexity index is 973. The molecule has 0 aliphatic heterocycles. The van der Waals surface area contributed by atoms with E-state index < -0.39 is 10.1 Å². The second-order valence-corrected chi connectivity index (χ2v) is 7.28. The van der Waals surface area contributed by atoms with E-state index in [9.17, 15) is 8.42 Å². The van der Waals surface area contributed by atoms with E-state index in [0.29, 0.717) is 17.0 Å². The second kappa shape index (κ2) is 5.70. The highest BCUT2D eigenvalue weighted by molar-refractivity contribution is 7.87. The van der Waals surface area contributed by atoms with Gasteiger partial charge in [0.2, 0.25) is 5.89 Å². The molecule has 120 valence electrons. The van der Waals surface area contributed by atoms with Gasteiger partial charge in [0.15, 0.2) is 11.3 Å². The molecule has 0 N–H and O–H groups in total. The van der Waals surface area contributed by atoms with Crippen molar-refractivity contribution in [1.29, 1.82) is 0 Å². The fraction of sp³-hybridized carbons (Fsp3) is 0.235. The monoisotopic (exact) mass is 331 g/mol. The van der Waals surface area contributed by atoms with Gasteiger partial charge in [-0.25, -0.2) is 4.98 Å². The second-order valence-electron chi connectivity index (χ2n) is 5.42. The van der Waals surface area contributed by atoms with Crippen LogP contribution in [0.1, 0.15) is 18.1 Å². The summed E-state index contributed by atoms with van der Waals surface area (Å²) in [5.41, 5.74) is 3.93. The number of aryl methyl sites for hydroxylation is 2. The number of nitrogens with zero attached hydrogens (tertiary/aromatic N) is 1. The van der Waals surface area contributed by atoms with Crippen molar-refractivity contribution in [3.8, 4) is 17.2 Å². The normalized spacial score (nSPS) is 11.8. The molecule has 0 aliphatic carbocycles. The SMILES string of the molecule is CCS(=O)(=O)Oc1ccc(C)cc1-c1nc2cc(C)ccc2o1. The topological polar surface area (TPSA) is 69.4 Å². The highest BCUT2D eigenvalue weighted by atomic mass is 32.2. The average molecular weight is 331 g/mol. The van der Waals surface area contributed by atoms with E-state index >= 15 is 0 Å². The summed E-state index contributed by atoms with van der Waals surface area (Å²) in [6.07, 6.45) is 0. The van der Waals surface area contributed by atoms with Crippen LogP contribution in [0.4, 0.5) is 0 Å². The Morgan fingerprint density at radius 1 is 1.09 bits per heavy atom. The number of hydrogen-bond donors (Lipinski definition) is 0. The predicted molar refractivity (Wildman–Crippen MR) is 89.0 cm³/mol. The Balaban J connectivity index is 2.15. The molecular formula is C17H17NO4S. The molecule has 1 heterocycles. The van der Waals surface area contributed by atoms with Crippen molar-refractivity contribution in [3.05, 3.63) is 47.5 Å². The third-order valence-corrected chi connectivity index (χ3v) is 4.62. The molecule has 0 radical (unpaired) electrons. The fourth-order valence-electron chi connectivity index (χ4n) is 2.23. The van der Waals surface area contributed by atoms with E-state index in [4.69, 9.17) is 8.60 Å². The van der Waals surface area contributed by atoms with Gasteiger partial charge in [-0.2, -0.15) is 8.42 Å². The van der Waals surface area contributed by atoms with E-state index in [1.807, 2.05) is 32.0 Å². The summed E-state index contributed by atoms with van der Waals surface area (Å²) in [4.78, 5) is 4.46. The lowest BCUT2D eigenvalue weighted by Gasteiger charge is -2.09. The average Bonchev–Trinajstić information content (AvgIpc) is 2.91. The molecular weight excluding hydrogens is 314 g/mol. The zero-order chi connectivity index (χ0) is 16.6. The van der Waals surface area contributed by atoms with E-state index in [1.165, 1.54) is 6.92 Å². The van der Waals surface area contributed by atoms with E-state index in [0.717, 1.165) is 16.6 Å². The molecule has 0 amide bonds. The Kier molecular flexibility index (Phi) is 3.85. The number of hydrogen-bond acceptors (Lipinski definition) is 5. The van der Waals surface area contributed by atoms with Crippen molar-refractivity contribution in [2.45, 2.75) is 20.8 Å². The summed E-state index contributed by atoms with van der Waals surface area (Å²) in [5, 5.41) is 0. The van der Waals surface area contributed by atoms with Gasteiger partial charge in [-0.3, -0.25) is 0 Å². The predicted octanol–water partition coefficient (Wildman–Crippen LogP) is 3.84. The molecule has 5 nitrogen and oxygen atoms in total. The lowest BCUT2D eigenvalue weighted by Crippen LogP contribution is -2.12. The van der Waals surface area contributed by atoms with Crippen LogP contribution in [0.15, 0.2) is 40.8 Å². The maximum Gasteiger partial charge on any atom is 0.308 e. The molecule has 2 aromatic carbocycles. The van der Waals surface area contributed by atoms with Gasteiger partial charge < -0.3 is 8.60 Å². The molecule has 3 rings (SSSR count). The lowest BCUT2D eigenvalue weighted by atomic mass is 10.1. The smallest absolute Gasteiger partial charge is 0.308 e. The molecule has 0 fully saturated rings. The van der Waals surface area contributed by atoms with Crippen LogP contribution in [0, 0.1) is 13.8 Å². The fourth-order valence-corrected chi connectivity index (χ4v) is 2.77. The molecule has 1 aromatic heterocycles. The van der Waals surface area contributed by atoms with E-state index in [2.05, 4.69) is 4.98 Å². The molecule has 3 aromatic rings. The van der Waals surface area contributed by atoms with Gasteiger partial charge in [0.1, 0.15) is 5.52 Å². The van der Waals surface area contributed by atoms with E-state index in [1.54, 1.807) is 18.2 Å². The number of rotatable bonds is 4. The molecule has 0 saturated heterocycles. The van der Waals surface area contributed by atoms with Gasteiger partial charge in [0, 0.05) is 0 Å². The van der Waals surface area contributed by atoms with Gasteiger partial charge in [0.25, 0.3) is 0 Å². The zero-order valence-electron chi connectivity index (χ0n) is 13.2.